The van der Waals surface area contributed by atoms with Crippen molar-refractivity contribution < 1.29 is 28.6 Å². The summed E-state index contributed by atoms with van der Waals surface area (Å²) in [5, 5.41) is 0. The van der Waals surface area contributed by atoms with E-state index in [0.717, 1.165) is 19.3 Å². The molecule has 0 aliphatic carbocycles. The molecular weight excluding hydrogens is 312 g/mol. The third-order valence-electron chi connectivity index (χ3n) is 3.73. The zero-order valence-electron chi connectivity index (χ0n) is 14.8. The summed E-state index contributed by atoms with van der Waals surface area (Å²) in [4.78, 5) is 34.1. The second kappa shape index (κ2) is 11.0. The van der Waals surface area contributed by atoms with E-state index in [4.69, 9.17) is 14.2 Å². The summed E-state index contributed by atoms with van der Waals surface area (Å²) in [5.74, 6) is -0.700. The Bertz CT molecular complexity index is 456. The quantitative estimate of drug-likeness (QED) is 0.365. The van der Waals surface area contributed by atoms with E-state index >= 15 is 0 Å². The Morgan fingerprint density at radius 1 is 1.42 bits per heavy atom. The fourth-order valence-corrected chi connectivity index (χ4v) is 2.59. The molecule has 1 saturated heterocycles. The molecule has 1 aliphatic rings. The van der Waals surface area contributed by atoms with Crippen LogP contribution in [-0.2, 0) is 28.6 Å². The lowest BCUT2D eigenvalue weighted by Crippen LogP contribution is -2.36. The predicted octanol–water partition coefficient (Wildman–Crippen LogP) is 2.73. The molecule has 0 aromatic carbocycles. The van der Waals surface area contributed by atoms with Crippen LogP contribution in [0.25, 0.3) is 0 Å². The first-order valence-corrected chi connectivity index (χ1v) is 8.60. The van der Waals surface area contributed by atoms with Crippen molar-refractivity contribution >= 4 is 17.7 Å². The maximum Gasteiger partial charge on any atom is 0.308 e. The van der Waals surface area contributed by atoms with Gasteiger partial charge in [0.1, 0.15) is 6.10 Å². The molecule has 0 aromatic heterocycles. The van der Waals surface area contributed by atoms with Gasteiger partial charge < -0.3 is 14.2 Å². The van der Waals surface area contributed by atoms with Gasteiger partial charge in [-0.15, -0.1) is 0 Å². The smallest absolute Gasteiger partial charge is 0.308 e. The zero-order chi connectivity index (χ0) is 17.9. The summed E-state index contributed by atoms with van der Waals surface area (Å²) < 4.78 is 15.6. The Kier molecular flexibility index (Phi) is 9.30. The summed E-state index contributed by atoms with van der Waals surface area (Å²) in [6.07, 6.45) is 6.64. The van der Waals surface area contributed by atoms with Gasteiger partial charge in [-0.3, -0.25) is 14.4 Å². The number of hydrogen-bond acceptors (Lipinski definition) is 6. The van der Waals surface area contributed by atoms with Crippen molar-refractivity contribution in [2.75, 3.05) is 6.61 Å². The number of hydrogen-bond donors (Lipinski definition) is 0. The van der Waals surface area contributed by atoms with E-state index in [0.29, 0.717) is 19.4 Å². The standard InChI is InChI=1S/C18H28O6/c1-4-22-18(21)12-17-16(20)11-10-15(24-17)9-7-5-6-8-13(2)23-14(3)19/h7,9,13,15,17H,4-6,8,10-12H2,1-3H3/b9-7+/t13-,15-,17-/m1/s1. The average molecular weight is 340 g/mol. The van der Waals surface area contributed by atoms with Crippen LogP contribution in [0.3, 0.4) is 0 Å². The minimum Gasteiger partial charge on any atom is -0.466 e. The van der Waals surface area contributed by atoms with Crippen LogP contribution in [0.15, 0.2) is 12.2 Å². The van der Waals surface area contributed by atoms with Gasteiger partial charge in [-0.2, -0.15) is 0 Å². The molecular formula is C18H28O6. The van der Waals surface area contributed by atoms with Crippen molar-refractivity contribution in [3.8, 4) is 0 Å². The summed E-state index contributed by atoms with van der Waals surface area (Å²) in [5.41, 5.74) is 0. The molecule has 0 bridgehead atoms. The van der Waals surface area contributed by atoms with Crippen molar-refractivity contribution in [1.29, 1.82) is 0 Å². The molecule has 1 aliphatic heterocycles. The van der Waals surface area contributed by atoms with Gasteiger partial charge in [-0.1, -0.05) is 12.2 Å². The maximum atomic E-state index is 11.8. The molecule has 0 aromatic rings. The molecule has 0 radical (unpaired) electrons. The zero-order valence-corrected chi connectivity index (χ0v) is 14.8. The number of allylic oxidation sites excluding steroid dienone is 1. The Morgan fingerprint density at radius 3 is 2.83 bits per heavy atom. The van der Waals surface area contributed by atoms with E-state index in [9.17, 15) is 14.4 Å². The average Bonchev–Trinajstić information content (AvgIpc) is 2.49. The number of unbranched alkanes of at least 4 members (excludes halogenated alkanes) is 1. The Morgan fingerprint density at radius 2 is 2.17 bits per heavy atom. The third kappa shape index (κ3) is 8.24. The van der Waals surface area contributed by atoms with Gasteiger partial charge >= 0.3 is 11.9 Å². The highest BCUT2D eigenvalue weighted by Gasteiger charge is 2.30. The molecule has 0 saturated carbocycles. The summed E-state index contributed by atoms with van der Waals surface area (Å²) >= 11 is 0. The predicted molar refractivity (Wildman–Crippen MR) is 88.4 cm³/mol. The lowest BCUT2D eigenvalue weighted by Gasteiger charge is -2.26. The molecule has 6 nitrogen and oxygen atoms in total. The lowest BCUT2D eigenvalue weighted by molar-refractivity contribution is -0.154. The van der Waals surface area contributed by atoms with Crippen LogP contribution >= 0.6 is 0 Å². The molecule has 6 heteroatoms. The molecule has 0 N–H and O–H groups in total. The molecule has 136 valence electrons. The Hall–Kier alpha value is -1.69. The van der Waals surface area contributed by atoms with E-state index < -0.39 is 12.1 Å². The number of Topliss-reactive ketones (excluding diaryl/α,β-unsaturated/α-hetero) is 1. The number of carbonyl (C=O) groups is 3. The van der Waals surface area contributed by atoms with Gasteiger partial charge in [0.2, 0.25) is 0 Å². The van der Waals surface area contributed by atoms with Crippen LogP contribution in [-0.4, -0.2) is 42.6 Å². The van der Waals surface area contributed by atoms with Crippen molar-refractivity contribution in [1.82, 2.24) is 0 Å². The first kappa shape index (κ1) is 20.4. The highest BCUT2D eigenvalue weighted by molar-refractivity contribution is 5.88. The second-order valence-electron chi connectivity index (χ2n) is 5.96. The molecule has 1 fully saturated rings. The number of ketones is 1. The molecule has 0 amide bonds. The molecule has 0 unspecified atom stereocenters. The van der Waals surface area contributed by atoms with E-state index in [2.05, 4.69) is 0 Å². The topological polar surface area (TPSA) is 78.9 Å². The van der Waals surface area contributed by atoms with Gasteiger partial charge in [0.15, 0.2) is 5.78 Å². The van der Waals surface area contributed by atoms with Gasteiger partial charge in [-0.05, 0) is 39.5 Å². The van der Waals surface area contributed by atoms with E-state index in [-0.39, 0.29) is 30.4 Å². The molecule has 3 atom stereocenters. The van der Waals surface area contributed by atoms with Crippen LogP contribution in [0.1, 0.15) is 59.3 Å². The van der Waals surface area contributed by atoms with Crippen molar-refractivity contribution in [3.05, 3.63) is 12.2 Å². The molecule has 0 spiro atoms. The number of ether oxygens (including phenoxy) is 3. The lowest BCUT2D eigenvalue weighted by atomic mass is 10.00. The largest absolute Gasteiger partial charge is 0.466 e. The van der Waals surface area contributed by atoms with Crippen LogP contribution in [0.4, 0.5) is 0 Å². The third-order valence-corrected chi connectivity index (χ3v) is 3.73. The van der Waals surface area contributed by atoms with Crippen molar-refractivity contribution in [2.24, 2.45) is 0 Å². The van der Waals surface area contributed by atoms with Gasteiger partial charge in [-0.25, -0.2) is 0 Å². The van der Waals surface area contributed by atoms with Crippen molar-refractivity contribution in [2.45, 2.75) is 77.6 Å². The Balaban J connectivity index is 2.30. The summed E-state index contributed by atoms with van der Waals surface area (Å²) in [6.45, 7) is 5.32. The maximum absolute atomic E-state index is 11.8. The Labute approximate surface area is 143 Å². The van der Waals surface area contributed by atoms with Crippen molar-refractivity contribution in [3.63, 3.8) is 0 Å². The highest BCUT2D eigenvalue weighted by atomic mass is 16.5. The van der Waals surface area contributed by atoms with Crippen LogP contribution in [0, 0.1) is 0 Å². The van der Waals surface area contributed by atoms with Crippen LogP contribution in [0.5, 0.6) is 0 Å². The van der Waals surface area contributed by atoms with Gasteiger partial charge in [0, 0.05) is 13.3 Å². The highest BCUT2D eigenvalue weighted by Crippen LogP contribution is 2.20. The SMILES string of the molecule is CCOC(=O)C[C@H]1O[C@H](/C=C/CCC[C@@H](C)OC(C)=O)CCC1=O. The molecule has 1 heterocycles. The number of rotatable bonds is 9. The van der Waals surface area contributed by atoms with E-state index in [1.807, 2.05) is 19.1 Å². The monoisotopic (exact) mass is 340 g/mol. The fourth-order valence-electron chi connectivity index (χ4n) is 2.59. The first-order valence-electron chi connectivity index (χ1n) is 8.60. The fraction of sp³-hybridized carbons (Fsp3) is 0.722. The van der Waals surface area contributed by atoms with E-state index in [1.54, 1.807) is 6.92 Å². The van der Waals surface area contributed by atoms with Crippen LogP contribution in [0.2, 0.25) is 0 Å². The first-order chi connectivity index (χ1) is 11.4. The van der Waals surface area contributed by atoms with Crippen LogP contribution < -0.4 is 0 Å². The number of esters is 2. The summed E-state index contributed by atoms with van der Waals surface area (Å²) in [6, 6.07) is 0. The van der Waals surface area contributed by atoms with Gasteiger partial charge in [0.25, 0.3) is 0 Å². The van der Waals surface area contributed by atoms with E-state index in [1.165, 1.54) is 6.92 Å². The summed E-state index contributed by atoms with van der Waals surface area (Å²) in [7, 11) is 0. The normalized spacial score (nSPS) is 22.4. The minimum atomic E-state index is -0.698. The van der Waals surface area contributed by atoms with Gasteiger partial charge in [0.05, 0.1) is 25.2 Å². The molecule has 24 heavy (non-hydrogen) atoms. The minimum absolute atomic E-state index is 0.0170. The molecule has 1 rings (SSSR count). The second-order valence-corrected chi connectivity index (χ2v) is 5.96. The number of carbonyl (C=O) groups excluding carboxylic acids is 3.